The fraction of sp³-hybridized carbons (Fsp3) is 0.391. The predicted octanol–water partition coefficient (Wildman–Crippen LogP) is 3.41. The molecule has 0 saturated carbocycles. The van der Waals surface area contributed by atoms with Crippen molar-refractivity contribution in [2.24, 2.45) is 0 Å². The Hall–Kier alpha value is -3.02. The molecule has 0 saturated heterocycles. The molecule has 2 rings (SSSR count). The van der Waals surface area contributed by atoms with Gasteiger partial charge < -0.3 is 19.7 Å². The lowest BCUT2D eigenvalue weighted by atomic mass is 10.1. The van der Waals surface area contributed by atoms with E-state index in [0.717, 1.165) is 11.3 Å². The van der Waals surface area contributed by atoms with E-state index in [1.165, 1.54) is 4.90 Å². The molecule has 0 aliphatic carbocycles. The minimum absolute atomic E-state index is 0.146. The highest BCUT2D eigenvalue weighted by Gasteiger charge is 2.28. The molecule has 0 unspecified atom stereocenters. The molecule has 0 radical (unpaired) electrons. The first kappa shape index (κ1) is 22.3. The van der Waals surface area contributed by atoms with Crippen LogP contribution in [0.1, 0.15) is 33.3 Å². The normalized spacial score (nSPS) is 12.0. The quantitative estimate of drug-likeness (QED) is 0.740. The van der Waals surface area contributed by atoms with Crippen LogP contribution in [0.15, 0.2) is 54.6 Å². The van der Waals surface area contributed by atoms with Crippen LogP contribution >= 0.6 is 0 Å². The van der Waals surface area contributed by atoms with Crippen molar-refractivity contribution in [2.75, 3.05) is 13.7 Å². The first-order valence-corrected chi connectivity index (χ1v) is 9.62. The van der Waals surface area contributed by atoms with Gasteiger partial charge in [0.2, 0.25) is 5.91 Å². The molecule has 0 aliphatic rings. The Morgan fingerprint density at radius 2 is 1.62 bits per heavy atom. The van der Waals surface area contributed by atoms with Crippen LogP contribution in [0.3, 0.4) is 0 Å². The van der Waals surface area contributed by atoms with Gasteiger partial charge in [-0.15, -0.1) is 0 Å². The zero-order chi connectivity index (χ0) is 21.4. The number of nitrogens with zero attached hydrogens (tertiary/aromatic N) is 1. The lowest BCUT2D eigenvalue weighted by Gasteiger charge is -2.31. The summed E-state index contributed by atoms with van der Waals surface area (Å²) in [6, 6.07) is 15.9. The Morgan fingerprint density at radius 1 is 1.00 bits per heavy atom. The number of ether oxygens (including phenoxy) is 2. The summed E-state index contributed by atoms with van der Waals surface area (Å²) < 4.78 is 10.8. The molecular weight excluding hydrogens is 368 g/mol. The second-order valence-electron chi connectivity index (χ2n) is 7.89. The molecule has 2 amide bonds. The van der Waals surface area contributed by atoms with Gasteiger partial charge in [-0.1, -0.05) is 30.3 Å². The number of hydrogen-bond acceptors (Lipinski definition) is 4. The Balaban J connectivity index is 2.16. The first-order chi connectivity index (χ1) is 13.7. The van der Waals surface area contributed by atoms with Crippen LogP contribution < -0.4 is 14.8 Å². The summed E-state index contributed by atoms with van der Waals surface area (Å²) in [5.74, 6) is 0.870. The van der Waals surface area contributed by atoms with Gasteiger partial charge in [-0.05, 0) is 57.5 Å². The lowest BCUT2D eigenvalue weighted by Crippen LogP contribution is -2.53. The Labute approximate surface area is 172 Å². The van der Waals surface area contributed by atoms with E-state index in [0.29, 0.717) is 12.3 Å². The number of carbonyl (C=O) groups is 2. The van der Waals surface area contributed by atoms with Gasteiger partial charge in [-0.3, -0.25) is 9.59 Å². The van der Waals surface area contributed by atoms with Gasteiger partial charge in [-0.25, -0.2) is 0 Å². The summed E-state index contributed by atoms with van der Waals surface area (Å²) in [7, 11) is 1.60. The highest BCUT2D eigenvalue weighted by molar-refractivity contribution is 5.88. The molecule has 0 fully saturated rings. The number of amides is 2. The van der Waals surface area contributed by atoms with Gasteiger partial charge in [0.25, 0.3) is 5.91 Å². The summed E-state index contributed by atoms with van der Waals surface area (Å²) in [6.45, 7) is 7.60. The number of methoxy groups -OCH3 is 1. The molecule has 0 bridgehead atoms. The highest BCUT2D eigenvalue weighted by Crippen LogP contribution is 2.16. The molecule has 0 aliphatic heterocycles. The van der Waals surface area contributed by atoms with Crippen LogP contribution in [0.2, 0.25) is 0 Å². The van der Waals surface area contributed by atoms with Crippen molar-refractivity contribution >= 4 is 11.8 Å². The Kier molecular flexibility index (Phi) is 7.65. The van der Waals surface area contributed by atoms with E-state index in [2.05, 4.69) is 5.32 Å². The maximum Gasteiger partial charge on any atom is 0.261 e. The third-order valence-electron chi connectivity index (χ3n) is 4.28. The third-order valence-corrected chi connectivity index (χ3v) is 4.28. The van der Waals surface area contributed by atoms with Gasteiger partial charge in [0, 0.05) is 12.1 Å². The van der Waals surface area contributed by atoms with Crippen LogP contribution in [0.4, 0.5) is 0 Å². The minimum atomic E-state index is -0.650. The lowest BCUT2D eigenvalue weighted by molar-refractivity contribution is -0.142. The standard InChI is InChI=1S/C23H30N2O4/c1-17(22(27)24-23(2,3)4)25(15-18-11-13-19(28-5)14-12-18)21(26)16-29-20-9-7-6-8-10-20/h6-14,17H,15-16H2,1-5H3,(H,24,27)/t17-/m1/s1. The van der Waals surface area contributed by atoms with Crippen LogP contribution in [0.5, 0.6) is 11.5 Å². The molecule has 156 valence electrons. The molecular formula is C23H30N2O4. The van der Waals surface area contributed by atoms with Crippen molar-refractivity contribution in [3.63, 3.8) is 0 Å². The van der Waals surface area contributed by atoms with E-state index < -0.39 is 6.04 Å². The molecule has 1 N–H and O–H groups in total. The summed E-state index contributed by atoms with van der Waals surface area (Å²) >= 11 is 0. The van der Waals surface area contributed by atoms with E-state index in [-0.39, 0.29) is 24.0 Å². The molecule has 1 atom stereocenters. The molecule has 0 aromatic heterocycles. The third kappa shape index (κ3) is 7.14. The molecule has 2 aromatic carbocycles. The summed E-state index contributed by atoms with van der Waals surface area (Å²) in [5, 5.41) is 2.94. The number of carbonyl (C=O) groups excluding carboxylic acids is 2. The fourth-order valence-electron chi connectivity index (χ4n) is 2.73. The van der Waals surface area contributed by atoms with Crippen molar-refractivity contribution in [2.45, 2.75) is 45.8 Å². The minimum Gasteiger partial charge on any atom is -0.497 e. The molecule has 0 spiro atoms. The fourth-order valence-corrected chi connectivity index (χ4v) is 2.73. The van der Waals surface area contributed by atoms with Crippen molar-refractivity contribution in [3.05, 3.63) is 60.2 Å². The number of rotatable bonds is 8. The molecule has 2 aromatic rings. The predicted molar refractivity (Wildman–Crippen MR) is 113 cm³/mol. The van der Waals surface area contributed by atoms with Gasteiger partial charge in [-0.2, -0.15) is 0 Å². The summed E-state index contributed by atoms with van der Waals surface area (Å²) in [6.07, 6.45) is 0. The highest BCUT2D eigenvalue weighted by atomic mass is 16.5. The molecule has 6 nitrogen and oxygen atoms in total. The number of nitrogens with one attached hydrogen (secondary N) is 1. The Morgan fingerprint density at radius 3 is 2.17 bits per heavy atom. The smallest absolute Gasteiger partial charge is 0.261 e. The van der Waals surface area contributed by atoms with E-state index in [1.807, 2.05) is 63.2 Å². The van der Waals surface area contributed by atoms with Crippen molar-refractivity contribution in [1.29, 1.82) is 0 Å². The SMILES string of the molecule is COc1ccc(CN(C(=O)COc2ccccc2)[C@H](C)C(=O)NC(C)(C)C)cc1. The topological polar surface area (TPSA) is 67.9 Å². The summed E-state index contributed by atoms with van der Waals surface area (Å²) in [5.41, 5.74) is 0.509. The molecule has 29 heavy (non-hydrogen) atoms. The van der Waals surface area contributed by atoms with Crippen molar-refractivity contribution < 1.29 is 19.1 Å². The van der Waals surface area contributed by atoms with Crippen LogP contribution in [-0.2, 0) is 16.1 Å². The van der Waals surface area contributed by atoms with Gasteiger partial charge in [0.1, 0.15) is 17.5 Å². The summed E-state index contributed by atoms with van der Waals surface area (Å²) in [4.78, 5) is 27.2. The second-order valence-corrected chi connectivity index (χ2v) is 7.89. The van der Waals surface area contributed by atoms with Crippen LogP contribution in [0.25, 0.3) is 0 Å². The Bertz CT molecular complexity index is 798. The monoisotopic (exact) mass is 398 g/mol. The van der Waals surface area contributed by atoms with Gasteiger partial charge in [0.05, 0.1) is 7.11 Å². The maximum absolute atomic E-state index is 13.0. The van der Waals surface area contributed by atoms with E-state index in [9.17, 15) is 9.59 Å². The van der Waals surface area contributed by atoms with Crippen molar-refractivity contribution in [1.82, 2.24) is 10.2 Å². The average molecular weight is 399 g/mol. The second kappa shape index (κ2) is 9.96. The molecule has 6 heteroatoms. The number of hydrogen-bond donors (Lipinski definition) is 1. The number of para-hydroxylation sites is 1. The van der Waals surface area contributed by atoms with E-state index in [4.69, 9.17) is 9.47 Å². The maximum atomic E-state index is 13.0. The van der Waals surface area contributed by atoms with E-state index in [1.54, 1.807) is 26.2 Å². The molecule has 0 heterocycles. The van der Waals surface area contributed by atoms with Crippen LogP contribution in [-0.4, -0.2) is 42.0 Å². The average Bonchev–Trinajstić information content (AvgIpc) is 2.69. The largest absolute Gasteiger partial charge is 0.497 e. The zero-order valence-electron chi connectivity index (χ0n) is 17.8. The van der Waals surface area contributed by atoms with E-state index >= 15 is 0 Å². The number of benzene rings is 2. The van der Waals surface area contributed by atoms with Crippen molar-refractivity contribution in [3.8, 4) is 11.5 Å². The first-order valence-electron chi connectivity index (χ1n) is 9.62. The van der Waals surface area contributed by atoms with Gasteiger partial charge in [0.15, 0.2) is 6.61 Å². The van der Waals surface area contributed by atoms with Gasteiger partial charge >= 0.3 is 0 Å². The zero-order valence-corrected chi connectivity index (χ0v) is 17.8. The van der Waals surface area contributed by atoms with Crippen LogP contribution in [0, 0.1) is 0 Å².